The third-order valence-corrected chi connectivity index (χ3v) is 3.20. The third-order valence-electron chi connectivity index (χ3n) is 3.20. The summed E-state index contributed by atoms with van der Waals surface area (Å²) in [6.07, 6.45) is -6.51. The standard InChI is InChI=1S/C11H18F4N2O2/c12-4-1-5-16-10(19)17-6-2-8(3-7-17)9(18)11(13,14)15/h8-9,18H,1-7H2,(H,16,19). The van der Waals surface area contributed by atoms with Crippen molar-refractivity contribution in [3.8, 4) is 0 Å². The molecule has 112 valence electrons. The molecule has 1 unspecified atom stereocenters. The molecule has 0 bridgehead atoms. The minimum absolute atomic E-state index is 0.108. The van der Waals surface area contributed by atoms with E-state index in [0.29, 0.717) is 0 Å². The monoisotopic (exact) mass is 286 g/mol. The summed E-state index contributed by atoms with van der Waals surface area (Å²) < 4.78 is 48.8. The Labute approximate surface area is 108 Å². The number of hydrogen-bond donors (Lipinski definition) is 2. The number of likely N-dealkylation sites (tertiary alicyclic amines) is 1. The molecule has 0 aromatic rings. The van der Waals surface area contributed by atoms with E-state index in [2.05, 4.69) is 5.32 Å². The smallest absolute Gasteiger partial charge is 0.383 e. The first-order chi connectivity index (χ1) is 8.86. The van der Waals surface area contributed by atoms with E-state index < -0.39 is 30.9 Å². The molecule has 1 rings (SSSR count). The Morgan fingerprint density at radius 3 is 2.42 bits per heavy atom. The van der Waals surface area contributed by atoms with Gasteiger partial charge in [0.05, 0.1) is 6.67 Å². The van der Waals surface area contributed by atoms with Crippen molar-refractivity contribution in [2.45, 2.75) is 31.5 Å². The number of aliphatic hydroxyl groups excluding tert-OH is 1. The number of piperidine rings is 1. The average Bonchev–Trinajstić information content (AvgIpc) is 2.37. The van der Waals surface area contributed by atoms with Crippen LogP contribution < -0.4 is 5.32 Å². The number of halogens is 4. The highest BCUT2D eigenvalue weighted by Gasteiger charge is 2.44. The lowest BCUT2D eigenvalue weighted by Crippen LogP contribution is -2.48. The number of amides is 2. The van der Waals surface area contributed by atoms with Gasteiger partial charge >= 0.3 is 12.2 Å². The normalized spacial score (nSPS) is 19.3. The van der Waals surface area contributed by atoms with E-state index >= 15 is 0 Å². The van der Waals surface area contributed by atoms with Gasteiger partial charge in [0.15, 0.2) is 6.10 Å². The number of aliphatic hydroxyl groups is 1. The SMILES string of the molecule is O=C(NCCCF)N1CCC(C(O)C(F)(F)F)CC1. The maximum Gasteiger partial charge on any atom is 0.414 e. The molecule has 1 fully saturated rings. The van der Waals surface area contributed by atoms with Crippen LogP contribution in [0.25, 0.3) is 0 Å². The molecule has 0 aromatic heterocycles. The van der Waals surface area contributed by atoms with Crippen molar-refractivity contribution in [1.82, 2.24) is 10.2 Å². The highest BCUT2D eigenvalue weighted by molar-refractivity contribution is 5.74. The van der Waals surface area contributed by atoms with Gasteiger partial charge in [-0.1, -0.05) is 0 Å². The van der Waals surface area contributed by atoms with Gasteiger partial charge in [0.25, 0.3) is 0 Å². The number of alkyl halides is 4. The molecular weight excluding hydrogens is 268 g/mol. The van der Waals surface area contributed by atoms with Crippen molar-refractivity contribution < 1.29 is 27.5 Å². The van der Waals surface area contributed by atoms with Gasteiger partial charge in [-0.05, 0) is 25.2 Å². The molecule has 19 heavy (non-hydrogen) atoms. The number of carbonyl (C=O) groups excluding carboxylic acids is 1. The Morgan fingerprint density at radius 1 is 1.37 bits per heavy atom. The molecule has 1 atom stereocenters. The predicted molar refractivity (Wildman–Crippen MR) is 60.3 cm³/mol. The van der Waals surface area contributed by atoms with Crippen molar-refractivity contribution in [2.75, 3.05) is 26.3 Å². The lowest BCUT2D eigenvalue weighted by molar-refractivity contribution is -0.222. The summed E-state index contributed by atoms with van der Waals surface area (Å²) in [6.45, 7) is 0.0130. The van der Waals surface area contributed by atoms with Crippen molar-refractivity contribution >= 4 is 6.03 Å². The number of carbonyl (C=O) groups is 1. The fourth-order valence-corrected chi connectivity index (χ4v) is 2.06. The molecule has 1 aliphatic heterocycles. The van der Waals surface area contributed by atoms with Crippen LogP contribution in [0, 0.1) is 5.92 Å². The van der Waals surface area contributed by atoms with Gasteiger partial charge in [-0.25, -0.2) is 4.79 Å². The molecule has 0 aromatic carbocycles. The first-order valence-corrected chi connectivity index (χ1v) is 6.19. The molecule has 0 saturated carbocycles. The first kappa shape index (κ1) is 16.0. The van der Waals surface area contributed by atoms with Crippen LogP contribution in [0.15, 0.2) is 0 Å². The van der Waals surface area contributed by atoms with Gasteiger partial charge in [-0.3, -0.25) is 4.39 Å². The van der Waals surface area contributed by atoms with E-state index in [0.717, 1.165) is 0 Å². The van der Waals surface area contributed by atoms with Gasteiger partial charge < -0.3 is 15.3 Å². The second-order valence-corrected chi connectivity index (χ2v) is 4.59. The lowest BCUT2D eigenvalue weighted by atomic mass is 9.91. The quantitative estimate of drug-likeness (QED) is 0.610. The topological polar surface area (TPSA) is 52.6 Å². The summed E-state index contributed by atoms with van der Waals surface area (Å²) in [6, 6.07) is -0.395. The van der Waals surface area contributed by atoms with Crippen LogP contribution in [0.2, 0.25) is 0 Å². The predicted octanol–water partition coefficient (Wildman–Crippen LogP) is 1.69. The second-order valence-electron chi connectivity index (χ2n) is 4.59. The number of nitrogens with one attached hydrogen (secondary N) is 1. The molecule has 2 N–H and O–H groups in total. The van der Waals surface area contributed by atoms with Crippen LogP contribution in [-0.2, 0) is 0 Å². The highest BCUT2D eigenvalue weighted by atomic mass is 19.4. The van der Waals surface area contributed by atoms with E-state index in [9.17, 15) is 22.4 Å². The lowest BCUT2D eigenvalue weighted by Gasteiger charge is -2.34. The highest BCUT2D eigenvalue weighted by Crippen LogP contribution is 2.31. The number of urea groups is 1. The van der Waals surface area contributed by atoms with Crippen LogP contribution in [0.4, 0.5) is 22.4 Å². The van der Waals surface area contributed by atoms with Crippen LogP contribution >= 0.6 is 0 Å². The molecular formula is C11H18F4N2O2. The number of nitrogens with zero attached hydrogens (tertiary/aromatic N) is 1. The maximum absolute atomic E-state index is 12.3. The summed E-state index contributed by atoms with van der Waals surface area (Å²) in [7, 11) is 0. The van der Waals surface area contributed by atoms with E-state index in [1.54, 1.807) is 0 Å². The molecule has 0 radical (unpaired) electrons. The van der Waals surface area contributed by atoms with E-state index in [-0.39, 0.29) is 38.9 Å². The minimum atomic E-state index is -4.61. The fraction of sp³-hybridized carbons (Fsp3) is 0.909. The Kier molecular flexibility index (Phi) is 5.84. The van der Waals surface area contributed by atoms with Gasteiger partial charge in [-0.15, -0.1) is 0 Å². The molecule has 8 heteroatoms. The van der Waals surface area contributed by atoms with E-state index in [1.807, 2.05) is 0 Å². The molecule has 1 heterocycles. The first-order valence-electron chi connectivity index (χ1n) is 6.19. The van der Waals surface area contributed by atoms with E-state index in [1.165, 1.54) is 4.90 Å². The largest absolute Gasteiger partial charge is 0.414 e. The Bertz CT molecular complexity index is 291. The van der Waals surface area contributed by atoms with Crippen LogP contribution in [-0.4, -0.2) is 54.6 Å². The second kappa shape index (κ2) is 6.93. The molecule has 1 saturated heterocycles. The summed E-state index contributed by atoms with van der Waals surface area (Å²) in [5.41, 5.74) is 0. The molecule has 0 spiro atoms. The van der Waals surface area contributed by atoms with Crippen LogP contribution in [0.5, 0.6) is 0 Å². The van der Waals surface area contributed by atoms with Gasteiger partial charge in [-0.2, -0.15) is 13.2 Å². The zero-order valence-corrected chi connectivity index (χ0v) is 10.4. The third kappa shape index (κ3) is 4.85. The average molecular weight is 286 g/mol. The molecule has 1 aliphatic rings. The molecule has 4 nitrogen and oxygen atoms in total. The summed E-state index contributed by atoms with van der Waals surface area (Å²) in [5.74, 6) is -0.866. The van der Waals surface area contributed by atoms with Crippen molar-refractivity contribution in [3.63, 3.8) is 0 Å². The van der Waals surface area contributed by atoms with Crippen molar-refractivity contribution in [3.05, 3.63) is 0 Å². The summed E-state index contributed by atoms with van der Waals surface area (Å²) in [5, 5.41) is 11.6. The Balaban J connectivity index is 2.34. The van der Waals surface area contributed by atoms with Crippen molar-refractivity contribution in [2.24, 2.45) is 5.92 Å². The van der Waals surface area contributed by atoms with Gasteiger partial charge in [0, 0.05) is 19.6 Å². The Morgan fingerprint density at radius 2 is 1.95 bits per heavy atom. The molecule has 2 amide bonds. The van der Waals surface area contributed by atoms with Crippen LogP contribution in [0.1, 0.15) is 19.3 Å². The van der Waals surface area contributed by atoms with Gasteiger partial charge in [0.2, 0.25) is 0 Å². The summed E-state index contributed by atoms with van der Waals surface area (Å²) >= 11 is 0. The van der Waals surface area contributed by atoms with E-state index in [4.69, 9.17) is 5.11 Å². The van der Waals surface area contributed by atoms with Gasteiger partial charge in [0.1, 0.15) is 0 Å². The number of rotatable bonds is 4. The number of hydrogen-bond acceptors (Lipinski definition) is 2. The molecule has 0 aliphatic carbocycles. The zero-order chi connectivity index (χ0) is 14.5. The van der Waals surface area contributed by atoms with Crippen LogP contribution in [0.3, 0.4) is 0 Å². The minimum Gasteiger partial charge on any atom is -0.383 e. The Hall–Kier alpha value is -1.05. The summed E-state index contributed by atoms with van der Waals surface area (Å²) in [4.78, 5) is 12.9. The maximum atomic E-state index is 12.3. The zero-order valence-electron chi connectivity index (χ0n) is 10.4. The fourth-order valence-electron chi connectivity index (χ4n) is 2.06. The van der Waals surface area contributed by atoms with Crippen molar-refractivity contribution in [1.29, 1.82) is 0 Å².